The molecule has 1 atom stereocenters. The fourth-order valence-electron chi connectivity index (χ4n) is 4.10. The Labute approximate surface area is 203 Å². The molecule has 1 aromatic carbocycles. The molecule has 1 saturated heterocycles. The molecule has 11 heteroatoms. The van der Waals surface area contributed by atoms with E-state index >= 15 is 0 Å². The first-order chi connectivity index (χ1) is 16.1. The van der Waals surface area contributed by atoms with E-state index in [2.05, 4.69) is 0 Å². The van der Waals surface area contributed by atoms with Crippen molar-refractivity contribution >= 4 is 34.4 Å². The van der Waals surface area contributed by atoms with Gasteiger partial charge < -0.3 is 14.3 Å². The Balaban J connectivity index is 2.31. The lowest BCUT2D eigenvalue weighted by Gasteiger charge is -2.53. The highest BCUT2D eigenvalue weighted by Crippen LogP contribution is 2.34. The first-order valence-corrected chi connectivity index (χ1v) is 12.2. The van der Waals surface area contributed by atoms with E-state index in [1.807, 2.05) is 20.8 Å². The first kappa shape index (κ1) is 27.3. The number of carbonyl (C=O) groups excluding carboxylic acids is 3. The van der Waals surface area contributed by atoms with E-state index in [1.54, 1.807) is 0 Å². The molecule has 0 spiro atoms. The number of non-ortho nitro benzene ring substituents is 1. The van der Waals surface area contributed by atoms with Gasteiger partial charge in [-0.1, -0.05) is 17.5 Å². The number of carbonyl (C=O) groups is 3. The van der Waals surface area contributed by atoms with Crippen molar-refractivity contribution in [1.82, 2.24) is 4.90 Å². The monoisotopic (exact) mass is 493 g/mol. The van der Waals surface area contributed by atoms with Crippen LogP contribution in [0.25, 0.3) is 0 Å². The largest absolute Gasteiger partial charge is 0.874 e. The minimum atomic E-state index is -0.921. The summed E-state index contributed by atoms with van der Waals surface area (Å²) in [6, 6.07) is 5.51. The molecule has 2 rings (SSSR count). The number of allylic oxidation sites excluding steroid dienone is 1. The van der Waals surface area contributed by atoms with Gasteiger partial charge in [0.05, 0.1) is 24.6 Å². The van der Waals surface area contributed by atoms with Gasteiger partial charge in [0, 0.05) is 24.8 Å². The molecule has 10 nitrogen and oxygen atoms in total. The van der Waals surface area contributed by atoms with Crippen LogP contribution in [0.2, 0.25) is 0 Å². The molecule has 1 aliphatic rings. The molecular weight excluding hydrogens is 462 g/mol. The number of nitro groups is 1. The van der Waals surface area contributed by atoms with E-state index in [-0.39, 0.29) is 53.8 Å². The molecule has 1 amide bonds. The number of nitrogens with zero attached hydrogens (tertiary/aromatic N) is 3. The molecule has 1 aromatic rings. The van der Waals surface area contributed by atoms with Gasteiger partial charge in [-0.25, -0.2) is 4.79 Å². The van der Waals surface area contributed by atoms with Crippen LogP contribution in [0.3, 0.4) is 0 Å². The molecule has 1 heterocycles. The van der Waals surface area contributed by atoms with E-state index in [1.165, 1.54) is 36.1 Å². The summed E-state index contributed by atoms with van der Waals surface area (Å²) in [5.74, 6) is -1.61. The van der Waals surface area contributed by atoms with Crippen LogP contribution in [0.4, 0.5) is 5.69 Å². The highest BCUT2D eigenvalue weighted by atomic mass is 32.2. The number of likely N-dealkylation sites (tertiary alicyclic amines) is 1. The quantitative estimate of drug-likeness (QED) is 0.0825. The molecule has 0 radical (unpaired) electrons. The number of esters is 1. The number of quaternary nitrogens is 1. The fraction of sp³-hybridized carbons (Fsp3) is 0.522. The number of hydrogen-bond acceptors (Lipinski definition) is 8. The summed E-state index contributed by atoms with van der Waals surface area (Å²) in [5.41, 5.74) is 0.0950. The molecule has 1 aliphatic heterocycles. The number of ether oxygens (including phenoxy) is 1. The third kappa shape index (κ3) is 6.15. The highest BCUT2D eigenvalue weighted by Gasteiger charge is 2.52. The van der Waals surface area contributed by atoms with Crippen molar-refractivity contribution in [1.29, 1.82) is 0 Å². The van der Waals surface area contributed by atoms with Gasteiger partial charge >= 0.3 is 5.97 Å². The number of hydrogen-bond donors (Lipinski definition) is 0. The molecule has 0 bridgehead atoms. The van der Waals surface area contributed by atoms with Gasteiger partial charge in [-0.3, -0.25) is 24.6 Å². The second-order valence-corrected chi connectivity index (χ2v) is 9.25. The zero-order valence-electron chi connectivity index (χ0n) is 19.9. The summed E-state index contributed by atoms with van der Waals surface area (Å²) in [4.78, 5) is 48.6. The summed E-state index contributed by atoms with van der Waals surface area (Å²) in [7, 11) is 0. The van der Waals surface area contributed by atoms with E-state index in [4.69, 9.17) is 4.74 Å². The Bertz CT molecular complexity index is 950. The molecule has 0 aromatic heterocycles. The second-order valence-electron chi connectivity index (χ2n) is 7.98. The Hall–Kier alpha value is -2.92. The first-order valence-electron chi connectivity index (χ1n) is 11.2. The minimum absolute atomic E-state index is 0.0902. The van der Waals surface area contributed by atoms with Gasteiger partial charge in [0.1, 0.15) is 18.7 Å². The topological polar surface area (TPSA) is 130 Å². The van der Waals surface area contributed by atoms with Crippen LogP contribution in [0.15, 0.2) is 35.7 Å². The summed E-state index contributed by atoms with van der Waals surface area (Å²) >= 11 is 0.973. The molecule has 1 fully saturated rings. The lowest BCUT2D eigenvalue weighted by Crippen LogP contribution is -2.70. The average Bonchev–Trinajstić information content (AvgIpc) is 2.81. The van der Waals surface area contributed by atoms with Gasteiger partial charge in [0.15, 0.2) is 11.3 Å². The van der Waals surface area contributed by atoms with E-state index in [9.17, 15) is 29.6 Å². The lowest BCUT2D eigenvalue weighted by molar-refractivity contribution is -0.958. The maximum Gasteiger partial charge on any atom is 0.354 e. The molecule has 0 N–H and O–H groups in total. The maximum absolute atomic E-state index is 13.1. The van der Waals surface area contributed by atoms with Crippen LogP contribution in [0.5, 0.6) is 0 Å². The van der Waals surface area contributed by atoms with Gasteiger partial charge in [0.2, 0.25) is 5.91 Å². The van der Waals surface area contributed by atoms with Gasteiger partial charge in [-0.2, -0.15) is 0 Å². The van der Waals surface area contributed by atoms with Crippen LogP contribution in [-0.4, -0.2) is 62.9 Å². The van der Waals surface area contributed by atoms with Crippen molar-refractivity contribution in [3.63, 3.8) is 0 Å². The zero-order valence-corrected chi connectivity index (χ0v) is 20.8. The number of amides is 1. The summed E-state index contributed by atoms with van der Waals surface area (Å²) in [5, 5.41) is 23.7. The standard InChI is InChI=1S/C23H31N3O7S/c1-5-26(6-2,7-3)20-14-21(29)24(20)22(19(28)12-13-34-16(4)27)23(30)33-15-17-8-10-18(11-9-17)25(31)32/h8-11,20H,5-7,12-15H2,1-4H3. The van der Waals surface area contributed by atoms with Crippen molar-refractivity contribution in [2.45, 2.75) is 53.3 Å². The maximum atomic E-state index is 13.1. The number of benzene rings is 1. The Kier molecular flexibility index (Phi) is 9.63. The van der Waals surface area contributed by atoms with Crippen molar-refractivity contribution in [3.8, 4) is 0 Å². The van der Waals surface area contributed by atoms with E-state index in [0.717, 1.165) is 31.4 Å². The summed E-state index contributed by atoms with van der Waals surface area (Å²) in [6.07, 6.45) is -0.212. The van der Waals surface area contributed by atoms with Crippen LogP contribution in [-0.2, 0) is 25.7 Å². The fourth-order valence-corrected chi connectivity index (χ4v) is 4.67. The third-order valence-electron chi connectivity index (χ3n) is 6.30. The summed E-state index contributed by atoms with van der Waals surface area (Å²) < 4.78 is 5.91. The second kappa shape index (κ2) is 12.0. The molecule has 0 aliphatic carbocycles. The Morgan fingerprint density at radius 3 is 2.24 bits per heavy atom. The average molecular weight is 494 g/mol. The van der Waals surface area contributed by atoms with Gasteiger partial charge in [0.25, 0.3) is 5.69 Å². The number of nitro benzene ring substituents is 1. The van der Waals surface area contributed by atoms with Crippen LogP contribution >= 0.6 is 11.8 Å². The Morgan fingerprint density at radius 2 is 1.76 bits per heavy atom. The number of thioether (sulfide) groups is 1. The van der Waals surface area contributed by atoms with Crippen molar-refractivity contribution in [3.05, 3.63) is 51.4 Å². The molecule has 0 saturated carbocycles. The molecular formula is C23H31N3O7S. The molecule has 186 valence electrons. The van der Waals surface area contributed by atoms with Gasteiger partial charge in [-0.05, 0) is 44.9 Å². The smallest absolute Gasteiger partial charge is 0.354 e. The number of β-lactam (4-membered cyclic amide) rings is 1. The van der Waals surface area contributed by atoms with Crippen molar-refractivity contribution in [2.24, 2.45) is 0 Å². The normalized spacial score (nSPS) is 16.5. The van der Waals surface area contributed by atoms with Crippen molar-refractivity contribution < 1.29 is 33.6 Å². The van der Waals surface area contributed by atoms with Gasteiger partial charge in [-0.15, -0.1) is 0 Å². The lowest BCUT2D eigenvalue weighted by atomic mass is 10.0. The van der Waals surface area contributed by atoms with Crippen LogP contribution < -0.4 is 5.11 Å². The van der Waals surface area contributed by atoms with E-state index < -0.39 is 16.7 Å². The Morgan fingerprint density at radius 1 is 1.18 bits per heavy atom. The molecule has 34 heavy (non-hydrogen) atoms. The minimum Gasteiger partial charge on any atom is -0.874 e. The SMILES string of the molecule is CC[N+](CC)(CC)C1CC(=O)N1/C(C(=O)OCc1ccc([N+](=O)[O-])cc1)=C(/[O-])CCSC(C)=O. The van der Waals surface area contributed by atoms with Crippen LogP contribution in [0.1, 0.15) is 46.1 Å². The molecule has 1 unspecified atom stereocenters. The van der Waals surface area contributed by atoms with Crippen molar-refractivity contribution in [2.75, 3.05) is 25.4 Å². The number of rotatable bonds is 12. The predicted molar refractivity (Wildman–Crippen MR) is 125 cm³/mol. The predicted octanol–water partition coefficient (Wildman–Crippen LogP) is 2.31. The zero-order chi connectivity index (χ0) is 25.5. The van der Waals surface area contributed by atoms with Crippen LogP contribution in [0, 0.1) is 10.1 Å². The highest BCUT2D eigenvalue weighted by molar-refractivity contribution is 8.13. The summed E-state index contributed by atoms with van der Waals surface area (Å²) in [6.45, 7) is 9.37. The van der Waals surface area contributed by atoms with E-state index in [0.29, 0.717) is 10.0 Å². The third-order valence-corrected chi connectivity index (χ3v) is 7.11.